The standard InChI is InChI=1S/C15H18N4O3S.C2H6/c1-19(11-20)8-9-22-14(21)10-23-15-17-7-5-13(18-15)12-4-2-3-6-16-12;1-2/h2-3,5-7,11-12H,4,8-10H2,1H3;1-2H3. The van der Waals surface area contributed by atoms with Crippen molar-refractivity contribution in [2.24, 2.45) is 4.99 Å². The van der Waals surface area contributed by atoms with Crippen LogP contribution in [0.2, 0.25) is 0 Å². The maximum absolute atomic E-state index is 11.6. The SMILES string of the molecule is CC.CN(C=O)CCOC(=O)CSc1nccc(C2CC=CC=N2)n1. The van der Waals surface area contributed by atoms with Crippen molar-refractivity contribution in [3.8, 4) is 0 Å². The Hall–Kier alpha value is -2.22. The number of ether oxygens (including phenoxy) is 1. The quantitative estimate of drug-likeness (QED) is 0.304. The lowest BCUT2D eigenvalue weighted by Crippen LogP contribution is -2.23. The van der Waals surface area contributed by atoms with Crippen LogP contribution in [-0.4, -0.2) is 59.4 Å². The summed E-state index contributed by atoms with van der Waals surface area (Å²) in [5.74, 6) is -0.232. The van der Waals surface area contributed by atoms with Crippen LogP contribution in [0.4, 0.5) is 0 Å². The molecule has 0 spiro atoms. The fourth-order valence-electron chi connectivity index (χ4n) is 1.81. The topological polar surface area (TPSA) is 84.8 Å². The van der Waals surface area contributed by atoms with Gasteiger partial charge in [0.05, 0.1) is 24.0 Å². The molecule has 8 heteroatoms. The van der Waals surface area contributed by atoms with Crippen molar-refractivity contribution in [1.29, 1.82) is 0 Å². The van der Waals surface area contributed by atoms with E-state index in [1.807, 2.05) is 32.1 Å². The third kappa shape index (κ3) is 7.93. The molecular formula is C17H24N4O3S. The number of likely N-dealkylation sites (N-methyl/N-ethyl adjacent to an activating group) is 1. The average Bonchev–Trinajstić information content (AvgIpc) is 2.68. The molecule has 136 valence electrons. The Bertz CT molecular complexity index is 607. The summed E-state index contributed by atoms with van der Waals surface area (Å²) in [7, 11) is 1.62. The van der Waals surface area contributed by atoms with Gasteiger partial charge in [-0.25, -0.2) is 9.97 Å². The van der Waals surface area contributed by atoms with Crippen LogP contribution in [0.3, 0.4) is 0 Å². The summed E-state index contributed by atoms with van der Waals surface area (Å²) in [6, 6.07) is 1.84. The second-order valence-electron chi connectivity index (χ2n) is 4.84. The van der Waals surface area contributed by atoms with Crippen LogP contribution in [0.5, 0.6) is 0 Å². The molecule has 2 heterocycles. The molecule has 0 bridgehead atoms. The van der Waals surface area contributed by atoms with Gasteiger partial charge in [0.1, 0.15) is 6.61 Å². The number of aliphatic imine (C=N–C) groups is 1. The molecule has 2 rings (SSSR count). The summed E-state index contributed by atoms with van der Waals surface area (Å²) in [5.41, 5.74) is 0.837. The van der Waals surface area contributed by atoms with Crippen LogP contribution in [0.1, 0.15) is 32.0 Å². The van der Waals surface area contributed by atoms with Crippen molar-refractivity contribution in [1.82, 2.24) is 14.9 Å². The molecule has 0 saturated carbocycles. The summed E-state index contributed by atoms with van der Waals surface area (Å²) in [4.78, 5) is 36.4. The molecule has 1 aliphatic rings. The van der Waals surface area contributed by atoms with Crippen molar-refractivity contribution >= 4 is 30.4 Å². The number of carbonyl (C=O) groups excluding carboxylic acids is 2. The van der Waals surface area contributed by atoms with E-state index in [2.05, 4.69) is 15.0 Å². The third-order valence-electron chi connectivity index (χ3n) is 3.05. The van der Waals surface area contributed by atoms with Gasteiger partial charge in [0.2, 0.25) is 6.41 Å². The summed E-state index contributed by atoms with van der Waals surface area (Å²) in [5, 5.41) is 0.522. The number of allylic oxidation sites excluding steroid dienone is 1. The Morgan fingerprint density at radius 2 is 2.28 bits per heavy atom. The number of carbonyl (C=O) groups is 2. The highest BCUT2D eigenvalue weighted by atomic mass is 32.2. The van der Waals surface area contributed by atoms with Crippen LogP contribution in [-0.2, 0) is 14.3 Å². The minimum absolute atomic E-state index is 0.00757. The maximum Gasteiger partial charge on any atom is 0.316 e. The Balaban J connectivity index is 0.00000151. The minimum atomic E-state index is -0.359. The molecule has 7 nitrogen and oxygen atoms in total. The number of aromatic nitrogens is 2. The normalized spacial score (nSPS) is 15.1. The van der Waals surface area contributed by atoms with Crippen LogP contribution >= 0.6 is 11.8 Å². The fraction of sp³-hybridized carbons (Fsp3) is 0.471. The van der Waals surface area contributed by atoms with E-state index < -0.39 is 0 Å². The van der Waals surface area contributed by atoms with E-state index in [9.17, 15) is 9.59 Å². The first kappa shape index (κ1) is 20.8. The van der Waals surface area contributed by atoms with E-state index >= 15 is 0 Å². The van der Waals surface area contributed by atoms with E-state index in [1.165, 1.54) is 16.7 Å². The van der Waals surface area contributed by atoms with Crippen molar-refractivity contribution in [3.05, 3.63) is 30.1 Å². The molecule has 0 N–H and O–H groups in total. The van der Waals surface area contributed by atoms with Gasteiger partial charge in [0.15, 0.2) is 5.16 Å². The van der Waals surface area contributed by atoms with Gasteiger partial charge in [-0.3, -0.25) is 14.6 Å². The van der Waals surface area contributed by atoms with Crippen LogP contribution in [0.25, 0.3) is 0 Å². The van der Waals surface area contributed by atoms with E-state index in [0.717, 1.165) is 12.1 Å². The predicted octanol–water partition coefficient (Wildman–Crippen LogP) is 2.30. The molecule has 0 fully saturated rings. The lowest BCUT2D eigenvalue weighted by Gasteiger charge is -2.12. The smallest absolute Gasteiger partial charge is 0.316 e. The zero-order chi connectivity index (χ0) is 18.5. The van der Waals surface area contributed by atoms with Crippen LogP contribution in [0, 0.1) is 0 Å². The van der Waals surface area contributed by atoms with Gasteiger partial charge in [-0.05, 0) is 18.6 Å². The lowest BCUT2D eigenvalue weighted by atomic mass is 10.1. The Morgan fingerprint density at radius 3 is 2.96 bits per heavy atom. The maximum atomic E-state index is 11.6. The number of esters is 1. The molecule has 1 aromatic heterocycles. The number of dihydropyridines is 1. The zero-order valence-electron chi connectivity index (χ0n) is 14.8. The van der Waals surface area contributed by atoms with Gasteiger partial charge >= 0.3 is 5.97 Å². The van der Waals surface area contributed by atoms with E-state index in [-0.39, 0.29) is 24.4 Å². The van der Waals surface area contributed by atoms with Crippen LogP contribution in [0.15, 0.2) is 34.6 Å². The largest absolute Gasteiger partial charge is 0.463 e. The van der Waals surface area contributed by atoms with E-state index in [1.54, 1.807) is 19.5 Å². The minimum Gasteiger partial charge on any atom is -0.463 e. The van der Waals surface area contributed by atoms with Gasteiger partial charge in [-0.2, -0.15) is 0 Å². The molecule has 25 heavy (non-hydrogen) atoms. The highest BCUT2D eigenvalue weighted by molar-refractivity contribution is 7.99. The van der Waals surface area contributed by atoms with Crippen molar-refractivity contribution < 1.29 is 14.3 Å². The summed E-state index contributed by atoms with van der Waals surface area (Å²) in [6.07, 6.45) is 8.88. The first-order chi connectivity index (χ1) is 12.2. The number of thioether (sulfide) groups is 1. The molecular weight excluding hydrogens is 340 g/mol. The van der Waals surface area contributed by atoms with Crippen LogP contribution < -0.4 is 0 Å². The van der Waals surface area contributed by atoms with E-state index in [4.69, 9.17) is 4.74 Å². The molecule has 0 aliphatic carbocycles. The molecule has 0 saturated heterocycles. The van der Waals surface area contributed by atoms with Gasteiger partial charge in [-0.1, -0.05) is 31.7 Å². The molecule has 1 unspecified atom stereocenters. The Morgan fingerprint density at radius 1 is 1.48 bits per heavy atom. The van der Waals surface area contributed by atoms with Crippen molar-refractivity contribution in [2.75, 3.05) is 26.0 Å². The molecule has 0 radical (unpaired) electrons. The molecule has 1 aromatic rings. The van der Waals surface area contributed by atoms with Gasteiger partial charge in [-0.15, -0.1) is 0 Å². The van der Waals surface area contributed by atoms with Crippen molar-refractivity contribution in [2.45, 2.75) is 31.5 Å². The molecule has 0 aromatic carbocycles. The number of amides is 1. The molecule has 1 amide bonds. The zero-order valence-corrected chi connectivity index (χ0v) is 15.6. The van der Waals surface area contributed by atoms with Gasteiger partial charge < -0.3 is 9.64 Å². The summed E-state index contributed by atoms with van der Waals surface area (Å²) >= 11 is 1.22. The second-order valence-corrected chi connectivity index (χ2v) is 5.78. The van der Waals surface area contributed by atoms with Gasteiger partial charge in [0, 0.05) is 19.5 Å². The van der Waals surface area contributed by atoms with Crippen molar-refractivity contribution in [3.63, 3.8) is 0 Å². The van der Waals surface area contributed by atoms with Gasteiger partial charge in [0.25, 0.3) is 0 Å². The highest BCUT2D eigenvalue weighted by Gasteiger charge is 2.13. The number of nitrogens with zero attached hydrogens (tertiary/aromatic N) is 4. The number of hydrogen-bond donors (Lipinski definition) is 0. The second kappa shape index (κ2) is 12.2. The predicted molar refractivity (Wildman–Crippen MR) is 98.7 cm³/mol. The summed E-state index contributed by atoms with van der Waals surface area (Å²) in [6.45, 7) is 4.55. The average molecular weight is 364 g/mol. The monoisotopic (exact) mass is 364 g/mol. The Labute approximate surface area is 152 Å². The summed E-state index contributed by atoms with van der Waals surface area (Å²) < 4.78 is 5.03. The molecule has 1 atom stereocenters. The highest BCUT2D eigenvalue weighted by Crippen LogP contribution is 2.23. The lowest BCUT2D eigenvalue weighted by molar-refractivity contribution is -0.141. The third-order valence-corrected chi connectivity index (χ3v) is 3.88. The fourth-order valence-corrected chi connectivity index (χ4v) is 2.45. The Kier molecular flexibility index (Phi) is 10.2. The first-order valence-electron chi connectivity index (χ1n) is 8.14. The first-order valence-corrected chi connectivity index (χ1v) is 9.13. The number of rotatable bonds is 8. The molecule has 1 aliphatic heterocycles. The van der Waals surface area contributed by atoms with E-state index in [0.29, 0.717) is 18.1 Å². The number of hydrogen-bond acceptors (Lipinski definition) is 7.